The average Bonchev–Trinajstić information content (AvgIpc) is 3.28. The second-order valence-corrected chi connectivity index (χ2v) is 8.23. The molecule has 0 aliphatic carbocycles. The Morgan fingerprint density at radius 3 is 2.97 bits per heavy atom. The molecular formula is C24H20N4O3S. The summed E-state index contributed by atoms with van der Waals surface area (Å²) in [6, 6.07) is 13.5. The van der Waals surface area contributed by atoms with Gasteiger partial charge in [0.05, 0.1) is 25.3 Å². The van der Waals surface area contributed by atoms with Crippen LogP contribution < -0.4 is 10.1 Å². The highest BCUT2D eigenvalue weighted by atomic mass is 32.1. The Kier molecular flexibility index (Phi) is 5.94. The Morgan fingerprint density at radius 2 is 2.06 bits per heavy atom. The summed E-state index contributed by atoms with van der Waals surface area (Å²) in [4.78, 5) is 23.0. The number of ether oxygens (including phenoxy) is 2. The monoisotopic (exact) mass is 444 g/mol. The highest BCUT2D eigenvalue weighted by Gasteiger charge is 2.10. The number of carbonyl (C=O) groups excluding carboxylic acids is 1. The third-order valence-corrected chi connectivity index (χ3v) is 6.03. The van der Waals surface area contributed by atoms with E-state index in [1.165, 1.54) is 16.4 Å². The van der Waals surface area contributed by atoms with Gasteiger partial charge in [-0.05, 0) is 53.2 Å². The van der Waals surface area contributed by atoms with Crippen molar-refractivity contribution in [2.75, 3.05) is 38.2 Å². The molecule has 0 radical (unpaired) electrons. The number of fused-ring (bicyclic) bond motifs is 2. The van der Waals surface area contributed by atoms with E-state index in [9.17, 15) is 4.79 Å². The topological polar surface area (TPSA) is 76.6 Å². The minimum Gasteiger partial charge on any atom is -0.417 e. The van der Waals surface area contributed by atoms with E-state index in [-0.39, 0.29) is 0 Å². The standard InChI is InChI=1S/C24H20N4O3S/c29-23(2-1-8-28-9-11-30-12-10-28)31-19-4-5-21-20(15-19)24(26-16-25-21)27-18-3-6-22-17(14-18)7-13-32-22/h3-7,13-16H,8-12H2,(H,25,26,27). The minimum atomic E-state index is -0.591. The highest BCUT2D eigenvalue weighted by Crippen LogP contribution is 2.29. The zero-order valence-electron chi connectivity index (χ0n) is 17.2. The van der Waals surface area contributed by atoms with E-state index in [4.69, 9.17) is 9.47 Å². The molecule has 0 atom stereocenters. The number of carbonyl (C=O) groups is 1. The number of nitrogens with one attached hydrogen (secondary N) is 1. The van der Waals surface area contributed by atoms with Gasteiger partial charge in [0, 0.05) is 34.8 Å². The predicted octanol–water partition coefficient (Wildman–Crippen LogP) is 3.83. The van der Waals surface area contributed by atoms with Crippen molar-refractivity contribution in [3.63, 3.8) is 0 Å². The van der Waals surface area contributed by atoms with Crippen LogP contribution in [0.4, 0.5) is 11.5 Å². The molecule has 1 aliphatic heterocycles. The first-order valence-electron chi connectivity index (χ1n) is 10.2. The van der Waals surface area contributed by atoms with Crippen LogP contribution in [-0.2, 0) is 9.53 Å². The molecule has 0 spiro atoms. The largest absolute Gasteiger partial charge is 0.417 e. The lowest BCUT2D eigenvalue weighted by atomic mass is 10.2. The quantitative estimate of drug-likeness (QED) is 0.222. The number of anilines is 2. The van der Waals surface area contributed by atoms with Crippen molar-refractivity contribution in [3.8, 4) is 17.6 Å². The van der Waals surface area contributed by atoms with Gasteiger partial charge in [-0.15, -0.1) is 11.3 Å². The Bertz CT molecular complexity index is 1340. The predicted molar refractivity (Wildman–Crippen MR) is 125 cm³/mol. The average molecular weight is 445 g/mol. The fourth-order valence-corrected chi connectivity index (χ4v) is 4.27. The summed E-state index contributed by atoms with van der Waals surface area (Å²) in [6.45, 7) is 3.56. The van der Waals surface area contributed by atoms with Crippen LogP contribution in [0.25, 0.3) is 21.0 Å². The third kappa shape index (κ3) is 4.70. The summed E-state index contributed by atoms with van der Waals surface area (Å²) in [5.41, 5.74) is 1.67. The van der Waals surface area contributed by atoms with Gasteiger partial charge in [-0.3, -0.25) is 4.90 Å². The van der Waals surface area contributed by atoms with Gasteiger partial charge in [-0.2, -0.15) is 0 Å². The van der Waals surface area contributed by atoms with E-state index in [0.717, 1.165) is 29.7 Å². The van der Waals surface area contributed by atoms with Crippen LogP contribution in [0.15, 0.2) is 54.2 Å². The summed E-state index contributed by atoms with van der Waals surface area (Å²) in [6.07, 6.45) is 1.51. The van der Waals surface area contributed by atoms with Crippen molar-refractivity contribution in [2.24, 2.45) is 0 Å². The van der Waals surface area contributed by atoms with Gasteiger partial charge >= 0.3 is 5.97 Å². The van der Waals surface area contributed by atoms with E-state index < -0.39 is 5.97 Å². The van der Waals surface area contributed by atoms with Gasteiger partial charge in [0.1, 0.15) is 17.9 Å². The van der Waals surface area contributed by atoms with E-state index in [1.807, 2.05) is 6.07 Å². The van der Waals surface area contributed by atoms with E-state index in [2.05, 4.69) is 55.6 Å². The zero-order valence-corrected chi connectivity index (χ0v) is 18.0. The molecule has 2 aromatic carbocycles. The van der Waals surface area contributed by atoms with Crippen LogP contribution in [-0.4, -0.2) is 53.7 Å². The van der Waals surface area contributed by atoms with Crippen molar-refractivity contribution in [3.05, 3.63) is 54.2 Å². The maximum atomic E-state index is 12.2. The molecule has 32 heavy (non-hydrogen) atoms. The number of hydrogen-bond donors (Lipinski definition) is 1. The molecule has 160 valence electrons. The van der Waals surface area contributed by atoms with Crippen molar-refractivity contribution < 1.29 is 14.3 Å². The molecule has 1 N–H and O–H groups in total. The van der Waals surface area contributed by atoms with Crippen molar-refractivity contribution >= 4 is 49.8 Å². The van der Waals surface area contributed by atoms with Gasteiger partial charge in [-0.1, -0.05) is 5.92 Å². The van der Waals surface area contributed by atoms with Gasteiger partial charge in [-0.25, -0.2) is 14.8 Å². The van der Waals surface area contributed by atoms with Crippen molar-refractivity contribution in [1.29, 1.82) is 0 Å². The summed E-state index contributed by atoms with van der Waals surface area (Å²) >= 11 is 1.70. The fraction of sp³-hybridized carbons (Fsp3) is 0.208. The van der Waals surface area contributed by atoms with Crippen molar-refractivity contribution in [2.45, 2.75) is 0 Å². The smallest absolute Gasteiger partial charge is 0.389 e. The molecule has 0 unspecified atom stereocenters. The second-order valence-electron chi connectivity index (χ2n) is 7.28. The van der Waals surface area contributed by atoms with Crippen LogP contribution in [0.1, 0.15) is 0 Å². The molecule has 4 aromatic rings. The number of thiophene rings is 1. The van der Waals surface area contributed by atoms with E-state index in [0.29, 0.717) is 31.3 Å². The van der Waals surface area contributed by atoms with Gasteiger partial charge < -0.3 is 14.8 Å². The van der Waals surface area contributed by atoms with Crippen LogP contribution >= 0.6 is 11.3 Å². The molecular weight excluding hydrogens is 424 g/mol. The molecule has 1 fully saturated rings. The van der Waals surface area contributed by atoms with E-state index >= 15 is 0 Å². The zero-order chi connectivity index (χ0) is 21.8. The molecule has 0 amide bonds. The number of hydrogen-bond acceptors (Lipinski definition) is 8. The number of nitrogens with zero attached hydrogens (tertiary/aromatic N) is 3. The first-order chi connectivity index (χ1) is 15.7. The molecule has 0 saturated carbocycles. The number of morpholine rings is 1. The lowest BCUT2D eigenvalue weighted by molar-refractivity contribution is -0.128. The second kappa shape index (κ2) is 9.32. The SMILES string of the molecule is O=C(C#CCN1CCOCC1)Oc1ccc2ncnc(Nc3ccc4sccc4c3)c2c1. The first-order valence-corrected chi connectivity index (χ1v) is 11.1. The van der Waals surface area contributed by atoms with Gasteiger partial charge in [0.2, 0.25) is 0 Å². The summed E-state index contributed by atoms with van der Waals surface area (Å²) < 4.78 is 12.0. The lowest BCUT2D eigenvalue weighted by Gasteiger charge is -2.24. The molecule has 8 heteroatoms. The number of benzene rings is 2. The van der Waals surface area contributed by atoms with Gasteiger partial charge in [0.15, 0.2) is 0 Å². The van der Waals surface area contributed by atoms with Crippen LogP contribution in [0, 0.1) is 11.8 Å². The lowest BCUT2D eigenvalue weighted by Crippen LogP contribution is -2.36. The van der Waals surface area contributed by atoms with E-state index in [1.54, 1.807) is 29.5 Å². The number of esters is 1. The Hall–Kier alpha value is -3.51. The Balaban J connectivity index is 1.32. The molecule has 0 bridgehead atoms. The normalized spacial score (nSPS) is 14.1. The highest BCUT2D eigenvalue weighted by molar-refractivity contribution is 7.17. The summed E-state index contributed by atoms with van der Waals surface area (Å²) in [5.74, 6) is 5.88. The molecule has 3 heterocycles. The molecule has 1 aliphatic rings. The van der Waals surface area contributed by atoms with Crippen LogP contribution in [0.5, 0.6) is 5.75 Å². The third-order valence-electron chi connectivity index (χ3n) is 5.13. The maximum absolute atomic E-state index is 12.2. The molecule has 1 saturated heterocycles. The Morgan fingerprint density at radius 1 is 1.16 bits per heavy atom. The summed E-state index contributed by atoms with van der Waals surface area (Å²) in [5, 5.41) is 7.34. The van der Waals surface area contributed by atoms with Crippen molar-refractivity contribution in [1.82, 2.24) is 14.9 Å². The maximum Gasteiger partial charge on any atom is 0.389 e. The number of rotatable bonds is 4. The number of aromatic nitrogens is 2. The minimum absolute atomic E-state index is 0.398. The molecule has 7 nitrogen and oxygen atoms in total. The molecule has 5 rings (SSSR count). The summed E-state index contributed by atoms with van der Waals surface area (Å²) in [7, 11) is 0. The van der Waals surface area contributed by atoms with Crippen LogP contribution in [0.2, 0.25) is 0 Å². The van der Waals surface area contributed by atoms with Crippen LogP contribution in [0.3, 0.4) is 0 Å². The first kappa shape index (κ1) is 20.4. The fourth-order valence-electron chi connectivity index (χ4n) is 3.50. The Labute approximate surface area is 189 Å². The van der Waals surface area contributed by atoms with Gasteiger partial charge in [0.25, 0.3) is 0 Å². The molecule has 2 aromatic heterocycles.